The lowest BCUT2D eigenvalue weighted by Crippen LogP contribution is -2.26. The zero-order valence-electron chi connectivity index (χ0n) is 18.8. The van der Waals surface area contributed by atoms with Crippen LogP contribution in [0.3, 0.4) is 0 Å². The van der Waals surface area contributed by atoms with Gasteiger partial charge in [0.05, 0.1) is 11.0 Å². The fourth-order valence-corrected chi connectivity index (χ4v) is 4.61. The first-order valence-corrected chi connectivity index (χ1v) is 11.7. The van der Waals surface area contributed by atoms with Gasteiger partial charge in [-0.05, 0) is 56.2 Å². The highest BCUT2D eigenvalue weighted by Gasteiger charge is 2.23. The molecule has 1 amide bonds. The number of benzene rings is 2. The van der Waals surface area contributed by atoms with Crippen LogP contribution in [0.1, 0.15) is 48.0 Å². The van der Waals surface area contributed by atoms with Gasteiger partial charge in [0, 0.05) is 13.1 Å². The molecule has 33 heavy (non-hydrogen) atoms. The average Bonchev–Trinajstić information content (AvgIpc) is 3.12. The first kappa shape index (κ1) is 21.2. The molecule has 2 aromatic carbocycles. The lowest BCUT2D eigenvalue weighted by atomic mass is 9.97. The number of hydrogen-bond acceptors (Lipinski definition) is 4. The van der Waals surface area contributed by atoms with Gasteiger partial charge in [-0.15, -0.1) is 0 Å². The van der Waals surface area contributed by atoms with E-state index in [1.54, 1.807) is 0 Å². The Labute approximate surface area is 193 Å². The Morgan fingerprint density at radius 3 is 2.48 bits per heavy atom. The quantitative estimate of drug-likeness (QED) is 0.396. The Balaban J connectivity index is 1.47. The number of aryl methyl sites for hydroxylation is 2. The van der Waals surface area contributed by atoms with Crippen molar-refractivity contribution in [1.82, 2.24) is 19.9 Å². The number of fused-ring (bicyclic) bond motifs is 2. The summed E-state index contributed by atoms with van der Waals surface area (Å²) in [4.78, 5) is 22.9. The Morgan fingerprint density at radius 1 is 0.970 bits per heavy atom. The summed E-state index contributed by atoms with van der Waals surface area (Å²) in [6.07, 6.45) is 8.77. The van der Waals surface area contributed by atoms with Gasteiger partial charge in [-0.2, -0.15) is 0 Å². The summed E-state index contributed by atoms with van der Waals surface area (Å²) in [5.74, 6) is 0.238. The minimum absolute atomic E-state index is 0.183. The monoisotopic (exact) mass is 439 g/mol. The Hall–Kier alpha value is -3.67. The first-order valence-electron chi connectivity index (χ1n) is 11.7. The number of anilines is 1. The molecule has 1 aliphatic carbocycles. The number of allylic oxidation sites excluding steroid dienone is 1. The van der Waals surface area contributed by atoms with Crippen LogP contribution in [0.5, 0.6) is 0 Å². The first-order chi connectivity index (χ1) is 16.2. The zero-order valence-corrected chi connectivity index (χ0v) is 18.8. The Kier molecular flexibility index (Phi) is 6.07. The third-order valence-electron chi connectivity index (χ3n) is 6.40. The maximum absolute atomic E-state index is 13.3. The predicted molar refractivity (Wildman–Crippen MR) is 133 cm³/mol. The van der Waals surface area contributed by atoms with Crippen LogP contribution in [0.15, 0.2) is 66.2 Å². The highest BCUT2D eigenvalue weighted by molar-refractivity contribution is 6.10. The normalized spacial score (nSPS) is 13.9. The van der Waals surface area contributed by atoms with Crippen molar-refractivity contribution in [2.75, 3.05) is 12.3 Å². The standard InChI is InChI=1S/C27H29N5O/c28-25-23(27(33)29-17-15-19-9-3-1-4-10-19)24-26(31-22-14-8-7-13-21(22)30-24)32(25)18-16-20-11-5-2-6-12-20/h2,5-9,11-14H,1,3-4,10,15-18,28H2,(H,29,33). The van der Waals surface area contributed by atoms with Crippen molar-refractivity contribution >= 4 is 33.9 Å². The molecule has 0 bridgehead atoms. The van der Waals surface area contributed by atoms with E-state index in [0.29, 0.717) is 35.6 Å². The number of aromatic nitrogens is 3. The van der Waals surface area contributed by atoms with Gasteiger partial charge in [-0.3, -0.25) is 4.79 Å². The molecule has 1 aliphatic rings. The molecular formula is C27H29N5O. The van der Waals surface area contributed by atoms with Crippen molar-refractivity contribution in [3.63, 3.8) is 0 Å². The number of carbonyl (C=O) groups is 1. The van der Waals surface area contributed by atoms with Gasteiger partial charge in [0.15, 0.2) is 5.65 Å². The summed E-state index contributed by atoms with van der Waals surface area (Å²) in [5.41, 5.74) is 12.4. The molecule has 0 saturated heterocycles. The smallest absolute Gasteiger partial charge is 0.257 e. The predicted octanol–water partition coefficient (Wildman–Crippen LogP) is 5.03. The van der Waals surface area contributed by atoms with E-state index in [1.165, 1.54) is 24.0 Å². The van der Waals surface area contributed by atoms with E-state index in [2.05, 4.69) is 23.5 Å². The second kappa shape index (κ2) is 9.45. The molecule has 3 N–H and O–H groups in total. The van der Waals surface area contributed by atoms with E-state index in [4.69, 9.17) is 15.7 Å². The lowest BCUT2D eigenvalue weighted by Gasteiger charge is -2.13. The molecule has 0 fully saturated rings. The van der Waals surface area contributed by atoms with Gasteiger partial charge < -0.3 is 15.6 Å². The fraction of sp³-hybridized carbons (Fsp3) is 0.296. The molecule has 2 heterocycles. The molecule has 0 aliphatic heterocycles. The molecule has 6 nitrogen and oxygen atoms in total. The minimum atomic E-state index is -0.183. The van der Waals surface area contributed by atoms with E-state index in [9.17, 15) is 4.79 Å². The molecule has 5 rings (SSSR count). The van der Waals surface area contributed by atoms with Crippen LogP contribution in [0.2, 0.25) is 0 Å². The third-order valence-corrected chi connectivity index (χ3v) is 6.40. The fourth-order valence-electron chi connectivity index (χ4n) is 4.61. The van der Waals surface area contributed by atoms with Crippen LogP contribution < -0.4 is 11.1 Å². The van der Waals surface area contributed by atoms with Gasteiger partial charge >= 0.3 is 0 Å². The number of carbonyl (C=O) groups excluding carboxylic acids is 1. The topological polar surface area (TPSA) is 85.8 Å². The summed E-state index contributed by atoms with van der Waals surface area (Å²) >= 11 is 0. The number of rotatable bonds is 7. The minimum Gasteiger partial charge on any atom is -0.384 e. The number of nitrogen functional groups attached to an aromatic ring is 1. The van der Waals surface area contributed by atoms with E-state index < -0.39 is 0 Å². The molecule has 0 unspecified atom stereocenters. The summed E-state index contributed by atoms with van der Waals surface area (Å²) in [7, 11) is 0. The van der Waals surface area contributed by atoms with Crippen LogP contribution in [-0.2, 0) is 13.0 Å². The van der Waals surface area contributed by atoms with E-state index in [0.717, 1.165) is 36.7 Å². The lowest BCUT2D eigenvalue weighted by molar-refractivity contribution is 0.0956. The summed E-state index contributed by atoms with van der Waals surface area (Å²) in [6, 6.07) is 18.0. The average molecular weight is 440 g/mol. The number of para-hydroxylation sites is 2. The van der Waals surface area contributed by atoms with Crippen molar-refractivity contribution in [3.05, 3.63) is 77.4 Å². The van der Waals surface area contributed by atoms with E-state index in [1.807, 2.05) is 47.0 Å². The van der Waals surface area contributed by atoms with Crippen molar-refractivity contribution < 1.29 is 4.79 Å². The van der Waals surface area contributed by atoms with E-state index in [-0.39, 0.29) is 5.91 Å². The number of nitrogens with zero attached hydrogens (tertiary/aromatic N) is 3. The number of nitrogens with one attached hydrogen (secondary N) is 1. The molecule has 168 valence electrons. The Bertz CT molecular complexity index is 1320. The zero-order chi connectivity index (χ0) is 22.6. The van der Waals surface area contributed by atoms with Gasteiger partial charge in [-0.25, -0.2) is 9.97 Å². The number of nitrogens with two attached hydrogens (primary N) is 1. The second-order valence-corrected chi connectivity index (χ2v) is 8.65. The molecular weight excluding hydrogens is 410 g/mol. The second-order valence-electron chi connectivity index (χ2n) is 8.65. The largest absolute Gasteiger partial charge is 0.384 e. The van der Waals surface area contributed by atoms with Gasteiger partial charge in [0.25, 0.3) is 5.91 Å². The van der Waals surface area contributed by atoms with Crippen LogP contribution >= 0.6 is 0 Å². The van der Waals surface area contributed by atoms with Crippen LogP contribution in [0.25, 0.3) is 22.2 Å². The number of hydrogen-bond donors (Lipinski definition) is 2. The summed E-state index contributed by atoms with van der Waals surface area (Å²) in [6.45, 7) is 1.22. The molecule has 0 spiro atoms. The molecule has 0 atom stereocenters. The number of amides is 1. The molecule has 0 saturated carbocycles. The molecule has 2 aromatic heterocycles. The van der Waals surface area contributed by atoms with Crippen LogP contribution in [0, 0.1) is 0 Å². The van der Waals surface area contributed by atoms with Crippen LogP contribution in [-0.4, -0.2) is 27.0 Å². The van der Waals surface area contributed by atoms with Gasteiger partial charge in [-0.1, -0.05) is 54.1 Å². The van der Waals surface area contributed by atoms with E-state index >= 15 is 0 Å². The highest BCUT2D eigenvalue weighted by Crippen LogP contribution is 2.28. The molecule has 0 radical (unpaired) electrons. The third kappa shape index (κ3) is 4.46. The van der Waals surface area contributed by atoms with Crippen LogP contribution in [0.4, 0.5) is 5.82 Å². The van der Waals surface area contributed by atoms with Crippen molar-refractivity contribution in [2.24, 2.45) is 0 Å². The van der Waals surface area contributed by atoms with Crippen molar-refractivity contribution in [1.29, 1.82) is 0 Å². The Morgan fingerprint density at radius 2 is 1.73 bits per heavy atom. The van der Waals surface area contributed by atoms with Gasteiger partial charge in [0.2, 0.25) is 0 Å². The molecule has 4 aromatic rings. The summed E-state index contributed by atoms with van der Waals surface area (Å²) in [5, 5.41) is 3.07. The maximum atomic E-state index is 13.3. The SMILES string of the molecule is Nc1c(C(=O)NCCC2=CCCCC2)c2nc3ccccc3nc2n1CCc1ccccc1. The van der Waals surface area contributed by atoms with Crippen molar-refractivity contribution in [2.45, 2.75) is 45.1 Å². The van der Waals surface area contributed by atoms with Gasteiger partial charge in [0.1, 0.15) is 16.9 Å². The maximum Gasteiger partial charge on any atom is 0.257 e. The molecule has 6 heteroatoms. The highest BCUT2D eigenvalue weighted by atomic mass is 16.1. The van der Waals surface area contributed by atoms with Crippen molar-refractivity contribution in [3.8, 4) is 0 Å². The summed E-state index contributed by atoms with van der Waals surface area (Å²) < 4.78 is 1.93.